The number of ether oxygens (including phenoxy) is 4. The van der Waals surface area contributed by atoms with Gasteiger partial charge in [-0.25, -0.2) is 23.9 Å². The summed E-state index contributed by atoms with van der Waals surface area (Å²) < 4.78 is 41.3. The van der Waals surface area contributed by atoms with Crippen molar-refractivity contribution < 1.29 is 42.5 Å². The molecule has 6 heterocycles. The molecule has 0 saturated carbocycles. The van der Waals surface area contributed by atoms with E-state index in [-0.39, 0.29) is 35.7 Å². The van der Waals surface area contributed by atoms with Crippen LogP contribution in [0.25, 0.3) is 44.7 Å². The lowest BCUT2D eigenvalue weighted by molar-refractivity contribution is -0.136. The van der Waals surface area contributed by atoms with E-state index in [1.165, 1.54) is 20.3 Å². The molecular formula is C51H58FN9O8. The third-order valence-electron chi connectivity index (χ3n) is 13.4. The van der Waals surface area contributed by atoms with Crippen LogP contribution in [-0.2, 0) is 19.1 Å². The number of H-pyrrole nitrogens is 2. The first-order valence-electron chi connectivity index (χ1n) is 23.6. The second-order valence-electron chi connectivity index (χ2n) is 18.4. The summed E-state index contributed by atoms with van der Waals surface area (Å²) in [7, 11) is 2.54. The maximum atomic E-state index is 16.9. The summed E-state index contributed by atoms with van der Waals surface area (Å²) in [6, 6.07) is 16.7. The number of hydrogen-bond acceptors (Lipinski definition) is 10. The standard InChI is InChI=1S/C51H58FN9O8/c1-8-68-33-13-9-12-30(21-33)49-61-37-17-16-29(35-25-53-45(55-35)38-14-10-18-59(38)47(62)43(27(2)3)57-50(64)66-6)20-32(37)23-40(61)42-34(52)22-31(24-41(42)69-49)36-26-54-46(56-36)39-15-11-19-60(39)48(63)44(28(4)5)58-51(65)67-7/h9,12-13,16-17,20-28,38-39,43-44,49H,8,10-11,14-15,18-19H2,1-7H3,(H,53,55)(H,54,56)(H,57,64)(H,58,65)/t38-,39-,43-,44-,49?/m0/s1. The Morgan fingerprint density at radius 2 is 1.38 bits per heavy atom. The van der Waals surface area contributed by atoms with Crippen molar-refractivity contribution >= 4 is 34.9 Å². The minimum atomic E-state index is -0.781. The van der Waals surface area contributed by atoms with E-state index >= 15 is 4.39 Å². The number of likely N-dealkylation sites (tertiary alicyclic amines) is 2. The van der Waals surface area contributed by atoms with E-state index in [2.05, 4.69) is 20.6 Å². The normalized spacial score (nSPS) is 18.4. The van der Waals surface area contributed by atoms with Gasteiger partial charge in [0.15, 0.2) is 0 Å². The van der Waals surface area contributed by atoms with Crippen LogP contribution in [-0.4, -0.2) is 104 Å². The van der Waals surface area contributed by atoms with Gasteiger partial charge in [0.1, 0.15) is 41.0 Å². The molecule has 1 unspecified atom stereocenters. The molecule has 0 aliphatic carbocycles. The average Bonchev–Trinajstić information content (AvgIpc) is 4.20. The maximum Gasteiger partial charge on any atom is 0.407 e. The van der Waals surface area contributed by atoms with Gasteiger partial charge in [-0.15, -0.1) is 0 Å². The molecule has 3 aromatic heterocycles. The van der Waals surface area contributed by atoms with E-state index in [4.69, 9.17) is 28.9 Å². The fourth-order valence-corrected chi connectivity index (χ4v) is 9.93. The smallest absolute Gasteiger partial charge is 0.407 e. The topological polar surface area (TPSA) is 198 Å². The molecule has 2 fully saturated rings. The van der Waals surface area contributed by atoms with Gasteiger partial charge >= 0.3 is 12.2 Å². The second kappa shape index (κ2) is 19.3. The minimum Gasteiger partial charge on any atom is -0.494 e. The summed E-state index contributed by atoms with van der Waals surface area (Å²) in [5.41, 5.74) is 5.19. The number of halogens is 1. The number of methoxy groups -OCH3 is 2. The largest absolute Gasteiger partial charge is 0.494 e. The Kier molecular flexibility index (Phi) is 13.1. The average molecular weight is 944 g/mol. The summed E-state index contributed by atoms with van der Waals surface area (Å²) in [5.74, 6) is 0.963. The molecule has 0 bridgehead atoms. The Labute approximate surface area is 399 Å². The molecule has 4 N–H and O–H groups in total. The van der Waals surface area contributed by atoms with Crippen molar-refractivity contribution in [1.82, 2.24) is 44.9 Å². The van der Waals surface area contributed by atoms with Crippen LogP contribution in [0.5, 0.6) is 11.5 Å². The number of imidazole rings is 2. The van der Waals surface area contributed by atoms with Gasteiger partial charge < -0.3 is 53.9 Å². The molecule has 3 aromatic carbocycles. The molecule has 362 valence electrons. The van der Waals surface area contributed by atoms with Crippen LogP contribution >= 0.6 is 0 Å². The van der Waals surface area contributed by atoms with E-state index in [0.717, 1.165) is 40.6 Å². The number of rotatable bonds is 13. The first-order valence-corrected chi connectivity index (χ1v) is 23.6. The highest BCUT2D eigenvalue weighted by atomic mass is 19.1. The van der Waals surface area contributed by atoms with Crippen LogP contribution in [0.15, 0.2) is 73.1 Å². The van der Waals surface area contributed by atoms with Crippen LogP contribution in [0, 0.1) is 17.7 Å². The first kappa shape index (κ1) is 46.7. The van der Waals surface area contributed by atoms with E-state index in [1.807, 2.05) is 93.8 Å². The number of nitrogens with zero attached hydrogens (tertiary/aromatic N) is 5. The van der Waals surface area contributed by atoms with Gasteiger partial charge in [-0.05, 0) is 86.9 Å². The SMILES string of the molecule is CCOc1cccc(C2Oc3cc(-c4cnc([C@@H]5CCCN5C(=O)[C@@H](NC(=O)OC)C(C)C)[nH]4)cc(F)c3-c3cc4cc(-c5cnc([C@@H]6CCCN6C(=O)[C@@H](NC(=O)OC)C(C)C)[nH]5)ccc4n32)c1. The Hall–Kier alpha value is -7.37. The lowest BCUT2D eigenvalue weighted by Gasteiger charge is -2.31. The van der Waals surface area contributed by atoms with Crippen molar-refractivity contribution in [2.24, 2.45) is 11.8 Å². The maximum absolute atomic E-state index is 16.9. The number of fused-ring (bicyclic) bond motifs is 5. The van der Waals surface area contributed by atoms with Gasteiger partial charge in [-0.2, -0.15) is 0 Å². The summed E-state index contributed by atoms with van der Waals surface area (Å²) in [6.45, 7) is 10.9. The molecule has 17 nitrogen and oxygen atoms in total. The van der Waals surface area contributed by atoms with Crippen molar-refractivity contribution in [1.29, 1.82) is 0 Å². The summed E-state index contributed by atoms with van der Waals surface area (Å²) in [6.07, 6.45) is 4.27. The summed E-state index contributed by atoms with van der Waals surface area (Å²) in [5, 5.41) is 6.22. The zero-order chi connectivity index (χ0) is 48.7. The number of hydrogen-bond donors (Lipinski definition) is 4. The quantitative estimate of drug-likeness (QED) is 0.0869. The molecule has 2 saturated heterocycles. The molecule has 4 amide bonds. The Bertz CT molecular complexity index is 2910. The molecule has 0 radical (unpaired) electrons. The molecular weight excluding hydrogens is 886 g/mol. The van der Waals surface area contributed by atoms with Gasteiger partial charge in [-0.1, -0.05) is 45.9 Å². The number of aromatic amines is 2. The monoisotopic (exact) mass is 943 g/mol. The van der Waals surface area contributed by atoms with Crippen LogP contribution in [0.3, 0.4) is 0 Å². The first-order chi connectivity index (χ1) is 33.3. The van der Waals surface area contributed by atoms with Gasteiger partial charge in [0.25, 0.3) is 0 Å². The fourth-order valence-electron chi connectivity index (χ4n) is 9.93. The molecule has 9 rings (SSSR count). The number of nitrogens with one attached hydrogen (secondary N) is 4. The highest BCUT2D eigenvalue weighted by molar-refractivity contribution is 5.93. The van der Waals surface area contributed by atoms with Crippen LogP contribution in [0.4, 0.5) is 14.0 Å². The summed E-state index contributed by atoms with van der Waals surface area (Å²) >= 11 is 0. The Morgan fingerprint density at radius 1 is 0.783 bits per heavy atom. The van der Waals surface area contributed by atoms with Crippen molar-refractivity contribution in [3.05, 3.63) is 96.1 Å². The third-order valence-corrected chi connectivity index (χ3v) is 13.4. The highest BCUT2D eigenvalue weighted by Gasteiger charge is 2.40. The molecule has 69 heavy (non-hydrogen) atoms. The molecule has 0 spiro atoms. The zero-order valence-corrected chi connectivity index (χ0v) is 39.8. The lowest BCUT2D eigenvalue weighted by Crippen LogP contribution is -2.51. The van der Waals surface area contributed by atoms with E-state index in [1.54, 1.807) is 22.2 Å². The van der Waals surface area contributed by atoms with E-state index in [0.29, 0.717) is 78.2 Å². The van der Waals surface area contributed by atoms with E-state index in [9.17, 15) is 19.2 Å². The Balaban J connectivity index is 1.04. The number of benzene rings is 3. The number of carbonyl (C=O) groups is 4. The van der Waals surface area contributed by atoms with Crippen molar-refractivity contribution in [3.63, 3.8) is 0 Å². The highest BCUT2D eigenvalue weighted by Crippen LogP contribution is 2.48. The van der Waals surface area contributed by atoms with Gasteiger partial charge in [-0.3, -0.25) is 9.59 Å². The van der Waals surface area contributed by atoms with Crippen LogP contribution < -0.4 is 20.1 Å². The predicted octanol–water partition coefficient (Wildman–Crippen LogP) is 8.65. The third kappa shape index (κ3) is 8.95. The van der Waals surface area contributed by atoms with Crippen LogP contribution in [0.1, 0.15) is 95.8 Å². The second-order valence-corrected chi connectivity index (χ2v) is 18.4. The molecule has 6 aromatic rings. The molecule has 3 aliphatic heterocycles. The fraction of sp³-hybridized carbons (Fsp3) is 0.412. The molecule has 18 heteroatoms. The number of amides is 4. The number of carbonyl (C=O) groups excluding carboxylic acids is 4. The van der Waals surface area contributed by atoms with Gasteiger partial charge in [0, 0.05) is 35.2 Å². The number of aromatic nitrogens is 5. The van der Waals surface area contributed by atoms with Crippen LogP contribution in [0.2, 0.25) is 0 Å². The Morgan fingerprint density at radius 3 is 1.94 bits per heavy atom. The lowest BCUT2D eigenvalue weighted by atomic mass is 10.0. The van der Waals surface area contributed by atoms with Crippen molar-refractivity contribution in [2.45, 2.75) is 90.7 Å². The van der Waals surface area contributed by atoms with Crippen molar-refractivity contribution in [2.75, 3.05) is 33.9 Å². The zero-order valence-electron chi connectivity index (χ0n) is 39.8. The van der Waals surface area contributed by atoms with Gasteiger partial charge in [0.05, 0.1) is 73.5 Å². The summed E-state index contributed by atoms with van der Waals surface area (Å²) in [4.78, 5) is 71.7. The van der Waals surface area contributed by atoms with Crippen molar-refractivity contribution in [3.8, 4) is 45.3 Å². The minimum absolute atomic E-state index is 0.160. The van der Waals surface area contributed by atoms with E-state index < -0.39 is 36.3 Å². The molecule has 3 aliphatic rings. The number of alkyl carbamates (subject to hydrolysis) is 2. The molecule has 5 atom stereocenters. The van der Waals surface area contributed by atoms with Gasteiger partial charge in [0.2, 0.25) is 18.0 Å². The predicted molar refractivity (Wildman–Crippen MR) is 255 cm³/mol.